The van der Waals surface area contributed by atoms with Crippen LogP contribution in [-0.4, -0.2) is 23.4 Å². The molecule has 0 amide bonds. The maximum Gasteiger partial charge on any atom is 0.0431 e. The van der Waals surface area contributed by atoms with Crippen molar-refractivity contribution in [2.45, 2.75) is 84.0 Å². The number of aryl methyl sites for hydroxylation is 1. The van der Waals surface area contributed by atoms with Crippen molar-refractivity contribution in [2.24, 2.45) is 0 Å². The van der Waals surface area contributed by atoms with Crippen LogP contribution >= 0.6 is 0 Å². The smallest absolute Gasteiger partial charge is 0.0431 e. The largest absolute Gasteiger partial charge is 0.396 e. The Morgan fingerprint density at radius 1 is 0.609 bits per heavy atom. The minimum atomic E-state index is 0.328. The normalized spacial score (nSPS) is 10.2. The molecule has 0 aliphatic rings. The molecule has 0 unspecified atom stereocenters. The first-order valence-corrected chi connectivity index (χ1v) is 9.60. The van der Waals surface area contributed by atoms with E-state index in [-0.39, 0.29) is 0 Å². The van der Waals surface area contributed by atoms with E-state index in [0.717, 1.165) is 25.7 Å². The quantitative estimate of drug-likeness (QED) is 0.470. The van der Waals surface area contributed by atoms with E-state index >= 15 is 0 Å². The van der Waals surface area contributed by atoms with E-state index in [0.29, 0.717) is 13.2 Å². The first-order valence-electron chi connectivity index (χ1n) is 9.60. The molecule has 0 heterocycles. The topological polar surface area (TPSA) is 40.5 Å². The lowest BCUT2D eigenvalue weighted by molar-refractivity contribution is 0.282. The van der Waals surface area contributed by atoms with Gasteiger partial charge in [-0.15, -0.1) is 0 Å². The zero-order valence-corrected chi connectivity index (χ0v) is 15.2. The summed E-state index contributed by atoms with van der Waals surface area (Å²) in [5.41, 5.74) is 1.40. The van der Waals surface area contributed by atoms with Gasteiger partial charge in [-0.1, -0.05) is 88.6 Å². The predicted molar refractivity (Wildman–Crippen MR) is 101 cm³/mol. The zero-order chi connectivity index (χ0) is 17.0. The molecule has 0 fully saturated rings. The SMILES string of the molecule is CCCCCCCCCCO.OCCCCCc1ccccc1. The van der Waals surface area contributed by atoms with Crippen LogP contribution in [-0.2, 0) is 6.42 Å². The zero-order valence-electron chi connectivity index (χ0n) is 15.2. The number of hydrogen-bond acceptors (Lipinski definition) is 2. The van der Waals surface area contributed by atoms with Gasteiger partial charge in [0.25, 0.3) is 0 Å². The molecule has 2 N–H and O–H groups in total. The number of unbranched alkanes of at least 4 members (excludes halogenated alkanes) is 9. The van der Waals surface area contributed by atoms with Gasteiger partial charge in [0.1, 0.15) is 0 Å². The van der Waals surface area contributed by atoms with Gasteiger partial charge in [-0.2, -0.15) is 0 Å². The van der Waals surface area contributed by atoms with Crippen molar-refractivity contribution < 1.29 is 10.2 Å². The highest BCUT2D eigenvalue weighted by Crippen LogP contribution is 2.07. The van der Waals surface area contributed by atoms with Crippen molar-refractivity contribution in [1.29, 1.82) is 0 Å². The summed E-state index contributed by atoms with van der Waals surface area (Å²) in [4.78, 5) is 0. The van der Waals surface area contributed by atoms with E-state index in [2.05, 4.69) is 31.2 Å². The third kappa shape index (κ3) is 17.3. The van der Waals surface area contributed by atoms with E-state index < -0.39 is 0 Å². The third-order valence-electron chi connectivity index (χ3n) is 3.98. The van der Waals surface area contributed by atoms with Crippen LogP contribution in [0.25, 0.3) is 0 Å². The van der Waals surface area contributed by atoms with Gasteiger partial charge in [0.15, 0.2) is 0 Å². The molecule has 2 nitrogen and oxygen atoms in total. The molecule has 0 aliphatic heterocycles. The van der Waals surface area contributed by atoms with E-state index in [1.54, 1.807) is 0 Å². The monoisotopic (exact) mass is 322 g/mol. The van der Waals surface area contributed by atoms with Crippen molar-refractivity contribution in [3.8, 4) is 0 Å². The first-order chi connectivity index (χ1) is 11.3. The second-order valence-electron chi connectivity index (χ2n) is 6.22. The van der Waals surface area contributed by atoms with Crippen molar-refractivity contribution in [1.82, 2.24) is 0 Å². The summed E-state index contributed by atoms with van der Waals surface area (Å²) in [5, 5.41) is 17.1. The van der Waals surface area contributed by atoms with Gasteiger partial charge >= 0.3 is 0 Å². The summed E-state index contributed by atoms with van der Waals surface area (Å²) in [6.45, 7) is 2.94. The Balaban J connectivity index is 0.000000423. The second kappa shape index (κ2) is 19.2. The highest BCUT2D eigenvalue weighted by molar-refractivity contribution is 5.14. The Hall–Kier alpha value is -0.860. The number of hydrogen-bond donors (Lipinski definition) is 2. The molecule has 0 atom stereocenters. The number of aliphatic hydroxyl groups is 2. The van der Waals surface area contributed by atoms with E-state index in [9.17, 15) is 0 Å². The minimum absolute atomic E-state index is 0.328. The Bertz CT molecular complexity index is 303. The summed E-state index contributed by atoms with van der Waals surface area (Å²) in [6.07, 6.45) is 14.8. The van der Waals surface area contributed by atoms with Crippen LogP contribution in [0.2, 0.25) is 0 Å². The van der Waals surface area contributed by atoms with E-state index in [1.165, 1.54) is 56.9 Å². The van der Waals surface area contributed by atoms with Gasteiger partial charge in [0.2, 0.25) is 0 Å². The molecule has 0 saturated carbocycles. The molecule has 0 aliphatic carbocycles. The molecule has 1 aromatic rings. The molecule has 1 aromatic carbocycles. The van der Waals surface area contributed by atoms with Gasteiger partial charge < -0.3 is 10.2 Å². The number of aliphatic hydroxyl groups excluding tert-OH is 2. The van der Waals surface area contributed by atoms with Crippen molar-refractivity contribution in [2.75, 3.05) is 13.2 Å². The molecule has 0 aromatic heterocycles. The summed E-state index contributed by atoms with van der Waals surface area (Å²) in [7, 11) is 0. The molecule has 23 heavy (non-hydrogen) atoms. The minimum Gasteiger partial charge on any atom is -0.396 e. The molecule has 1 rings (SSSR count). The molecule has 0 radical (unpaired) electrons. The fourth-order valence-corrected chi connectivity index (χ4v) is 2.51. The average Bonchev–Trinajstić information content (AvgIpc) is 2.60. The van der Waals surface area contributed by atoms with Crippen LogP contribution in [0, 0.1) is 0 Å². The number of rotatable bonds is 13. The summed E-state index contributed by atoms with van der Waals surface area (Å²) in [5.74, 6) is 0. The molecular formula is C21H38O2. The highest BCUT2D eigenvalue weighted by Gasteiger charge is 1.91. The fraction of sp³-hybridized carbons (Fsp3) is 0.714. The van der Waals surface area contributed by atoms with E-state index in [4.69, 9.17) is 10.2 Å². The van der Waals surface area contributed by atoms with Gasteiger partial charge in [0.05, 0.1) is 0 Å². The highest BCUT2D eigenvalue weighted by atomic mass is 16.3. The van der Waals surface area contributed by atoms with E-state index in [1.807, 2.05) is 6.07 Å². The maximum atomic E-state index is 8.56. The Morgan fingerprint density at radius 3 is 1.61 bits per heavy atom. The Morgan fingerprint density at radius 2 is 1.09 bits per heavy atom. The lowest BCUT2D eigenvalue weighted by Gasteiger charge is -1.99. The third-order valence-corrected chi connectivity index (χ3v) is 3.98. The van der Waals surface area contributed by atoms with Gasteiger partial charge in [-0.25, -0.2) is 0 Å². The lowest BCUT2D eigenvalue weighted by atomic mass is 10.1. The Kier molecular flexibility index (Phi) is 18.5. The molecule has 0 saturated heterocycles. The standard InChI is InChI=1S/C11H16O.C10H22O/c12-10-6-2-5-9-11-7-3-1-4-8-11;1-2-3-4-5-6-7-8-9-10-11/h1,3-4,7-8,12H,2,5-6,9-10H2;11H,2-10H2,1H3. The van der Waals surface area contributed by atoms with Crippen LogP contribution < -0.4 is 0 Å². The molecule has 2 heteroatoms. The molecular weight excluding hydrogens is 284 g/mol. The molecule has 0 spiro atoms. The molecule has 134 valence electrons. The van der Waals surface area contributed by atoms with Gasteiger partial charge in [0, 0.05) is 13.2 Å². The summed E-state index contributed by atoms with van der Waals surface area (Å²) >= 11 is 0. The lowest BCUT2D eigenvalue weighted by Crippen LogP contribution is -1.87. The van der Waals surface area contributed by atoms with Crippen LogP contribution in [0.4, 0.5) is 0 Å². The van der Waals surface area contributed by atoms with Crippen molar-refractivity contribution in [3.63, 3.8) is 0 Å². The molecule has 0 bridgehead atoms. The van der Waals surface area contributed by atoms with Gasteiger partial charge in [-0.3, -0.25) is 0 Å². The van der Waals surface area contributed by atoms with Gasteiger partial charge in [-0.05, 0) is 31.2 Å². The van der Waals surface area contributed by atoms with Crippen molar-refractivity contribution in [3.05, 3.63) is 35.9 Å². The van der Waals surface area contributed by atoms with Crippen LogP contribution in [0.15, 0.2) is 30.3 Å². The fourth-order valence-electron chi connectivity index (χ4n) is 2.51. The average molecular weight is 323 g/mol. The summed E-state index contributed by atoms with van der Waals surface area (Å²) in [6, 6.07) is 10.5. The van der Waals surface area contributed by atoms with Crippen LogP contribution in [0.5, 0.6) is 0 Å². The maximum absolute atomic E-state index is 8.56. The van der Waals surface area contributed by atoms with Crippen molar-refractivity contribution >= 4 is 0 Å². The second-order valence-corrected chi connectivity index (χ2v) is 6.22. The number of benzene rings is 1. The Labute approximate surface area is 143 Å². The van der Waals surface area contributed by atoms with Crippen LogP contribution in [0.3, 0.4) is 0 Å². The predicted octanol–water partition coefficient (Wildman–Crippen LogP) is 5.51. The van der Waals surface area contributed by atoms with Crippen LogP contribution in [0.1, 0.15) is 83.1 Å². The first kappa shape index (κ1) is 22.1. The summed E-state index contributed by atoms with van der Waals surface area (Å²) < 4.78 is 0.